The largest absolute Gasteiger partial charge is 0.491 e. The second-order valence-electron chi connectivity index (χ2n) is 7.70. The molecule has 0 radical (unpaired) electrons. The molecule has 1 atom stereocenters. The number of benzene rings is 2. The van der Waals surface area contributed by atoms with Crippen molar-refractivity contribution < 1.29 is 9.84 Å². The SMILES string of the molecule is CCNC(=NCC(O)c1cccc(OC(C)C)c1)NCCn1c(C)nc2ccccc21.I. The van der Waals surface area contributed by atoms with E-state index in [0.717, 1.165) is 41.3 Å². The Balaban J connectivity index is 0.00000363. The van der Waals surface area contributed by atoms with Crippen molar-refractivity contribution in [2.75, 3.05) is 19.6 Å². The van der Waals surface area contributed by atoms with E-state index >= 15 is 0 Å². The van der Waals surface area contributed by atoms with Crippen molar-refractivity contribution >= 4 is 41.0 Å². The highest BCUT2D eigenvalue weighted by molar-refractivity contribution is 14.0. The molecule has 0 aliphatic heterocycles. The van der Waals surface area contributed by atoms with E-state index in [1.165, 1.54) is 0 Å². The Morgan fingerprint density at radius 2 is 1.94 bits per heavy atom. The minimum atomic E-state index is -0.703. The highest BCUT2D eigenvalue weighted by Crippen LogP contribution is 2.20. The summed E-state index contributed by atoms with van der Waals surface area (Å²) in [5.41, 5.74) is 2.92. The molecule has 7 nitrogen and oxygen atoms in total. The second-order valence-corrected chi connectivity index (χ2v) is 7.70. The molecule has 3 aromatic rings. The van der Waals surface area contributed by atoms with Gasteiger partial charge in [-0.1, -0.05) is 24.3 Å². The molecule has 1 heterocycles. The molecule has 0 fully saturated rings. The molecule has 0 aliphatic carbocycles. The molecule has 3 rings (SSSR count). The number of nitrogens with zero attached hydrogens (tertiary/aromatic N) is 3. The third kappa shape index (κ3) is 7.09. The summed E-state index contributed by atoms with van der Waals surface area (Å²) in [7, 11) is 0. The van der Waals surface area contributed by atoms with Crippen LogP contribution in [0.5, 0.6) is 5.75 Å². The van der Waals surface area contributed by atoms with Gasteiger partial charge in [-0.05, 0) is 57.5 Å². The number of nitrogens with one attached hydrogen (secondary N) is 2. The molecule has 2 aromatic carbocycles. The van der Waals surface area contributed by atoms with Gasteiger partial charge in [0.15, 0.2) is 5.96 Å². The summed E-state index contributed by atoms with van der Waals surface area (Å²) in [6, 6.07) is 15.7. The van der Waals surface area contributed by atoms with E-state index in [1.54, 1.807) is 0 Å². The standard InChI is InChI=1S/C24H33N5O2.HI/c1-5-25-24(26-13-14-29-18(4)28-21-11-6-7-12-22(21)29)27-16-23(30)19-9-8-10-20(15-19)31-17(2)3;/h6-12,15,17,23,30H,5,13-14,16H2,1-4H3,(H2,25,26,27);1H. The number of halogens is 1. The molecular formula is C24H34IN5O2. The van der Waals surface area contributed by atoms with Crippen molar-refractivity contribution in [3.05, 3.63) is 59.9 Å². The maximum Gasteiger partial charge on any atom is 0.191 e. The van der Waals surface area contributed by atoms with Crippen LogP contribution < -0.4 is 15.4 Å². The van der Waals surface area contributed by atoms with Crippen LogP contribution in [-0.4, -0.2) is 46.4 Å². The molecule has 8 heteroatoms. The molecule has 174 valence electrons. The molecule has 32 heavy (non-hydrogen) atoms. The van der Waals surface area contributed by atoms with Gasteiger partial charge in [0.25, 0.3) is 0 Å². The van der Waals surface area contributed by atoms with Gasteiger partial charge in [-0.15, -0.1) is 24.0 Å². The Morgan fingerprint density at radius 3 is 2.69 bits per heavy atom. The summed E-state index contributed by atoms with van der Waals surface area (Å²) in [5.74, 6) is 2.42. The fourth-order valence-electron chi connectivity index (χ4n) is 3.46. The monoisotopic (exact) mass is 551 g/mol. The van der Waals surface area contributed by atoms with Crippen molar-refractivity contribution in [2.24, 2.45) is 4.99 Å². The topological polar surface area (TPSA) is 83.7 Å². The first-order valence-corrected chi connectivity index (χ1v) is 10.9. The first-order valence-electron chi connectivity index (χ1n) is 10.9. The number of imidazole rings is 1. The van der Waals surface area contributed by atoms with Crippen LogP contribution in [0.1, 0.15) is 38.3 Å². The van der Waals surface area contributed by atoms with E-state index in [0.29, 0.717) is 12.5 Å². The highest BCUT2D eigenvalue weighted by atomic mass is 127. The third-order valence-electron chi connectivity index (χ3n) is 4.85. The van der Waals surface area contributed by atoms with E-state index in [-0.39, 0.29) is 36.6 Å². The predicted octanol–water partition coefficient (Wildman–Crippen LogP) is 4.04. The third-order valence-corrected chi connectivity index (χ3v) is 4.85. The number of aromatic nitrogens is 2. The molecule has 1 unspecified atom stereocenters. The van der Waals surface area contributed by atoms with Crippen LogP contribution in [0, 0.1) is 6.92 Å². The lowest BCUT2D eigenvalue weighted by molar-refractivity contribution is 0.185. The number of hydrogen-bond acceptors (Lipinski definition) is 4. The number of hydrogen-bond donors (Lipinski definition) is 3. The van der Waals surface area contributed by atoms with Gasteiger partial charge in [-0.2, -0.15) is 0 Å². The minimum Gasteiger partial charge on any atom is -0.491 e. The molecule has 0 spiro atoms. The lowest BCUT2D eigenvalue weighted by Gasteiger charge is -2.15. The van der Waals surface area contributed by atoms with Gasteiger partial charge < -0.3 is 25.0 Å². The number of aliphatic hydroxyl groups excluding tert-OH is 1. The molecule has 0 saturated carbocycles. The number of fused-ring (bicyclic) bond motifs is 1. The van der Waals surface area contributed by atoms with Crippen molar-refractivity contribution in [1.82, 2.24) is 20.2 Å². The summed E-state index contributed by atoms with van der Waals surface area (Å²) < 4.78 is 7.91. The lowest BCUT2D eigenvalue weighted by atomic mass is 10.1. The van der Waals surface area contributed by atoms with Crippen LogP contribution in [0.25, 0.3) is 11.0 Å². The Kier molecular flexibility index (Phi) is 10.2. The average molecular weight is 551 g/mol. The number of guanidine groups is 1. The van der Waals surface area contributed by atoms with E-state index in [4.69, 9.17) is 4.74 Å². The number of para-hydroxylation sites is 2. The van der Waals surface area contributed by atoms with Crippen molar-refractivity contribution in [3.63, 3.8) is 0 Å². The van der Waals surface area contributed by atoms with Gasteiger partial charge in [0.2, 0.25) is 0 Å². The summed E-state index contributed by atoms with van der Waals surface area (Å²) in [4.78, 5) is 9.17. The normalized spacial score (nSPS) is 12.5. The molecule has 0 amide bonds. The molecular weight excluding hydrogens is 517 g/mol. The summed E-state index contributed by atoms with van der Waals surface area (Å²) in [6.07, 6.45) is -0.614. The average Bonchev–Trinajstić information content (AvgIpc) is 3.06. The van der Waals surface area contributed by atoms with Crippen LogP contribution >= 0.6 is 24.0 Å². The predicted molar refractivity (Wildman–Crippen MR) is 141 cm³/mol. The number of aryl methyl sites for hydroxylation is 1. The first-order chi connectivity index (χ1) is 15.0. The van der Waals surface area contributed by atoms with Crippen LogP contribution in [0.4, 0.5) is 0 Å². The Bertz CT molecular complexity index is 1020. The Morgan fingerprint density at radius 1 is 1.16 bits per heavy atom. The Labute approximate surface area is 207 Å². The molecule has 3 N–H and O–H groups in total. The molecule has 0 bridgehead atoms. The number of aliphatic hydroxyl groups is 1. The zero-order chi connectivity index (χ0) is 22.2. The van der Waals surface area contributed by atoms with Gasteiger partial charge in [0.05, 0.1) is 29.8 Å². The maximum atomic E-state index is 10.6. The Hall–Kier alpha value is -2.33. The summed E-state index contributed by atoms with van der Waals surface area (Å²) in [5, 5.41) is 17.2. The second kappa shape index (κ2) is 12.6. The zero-order valence-electron chi connectivity index (χ0n) is 19.2. The number of aliphatic imine (C=N–C) groups is 1. The van der Waals surface area contributed by atoms with Crippen molar-refractivity contribution in [1.29, 1.82) is 0 Å². The van der Waals surface area contributed by atoms with Crippen LogP contribution in [-0.2, 0) is 6.54 Å². The summed E-state index contributed by atoms with van der Waals surface area (Å²) >= 11 is 0. The smallest absolute Gasteiger partial charge is 0.191 e. The van der Waals surface area contributed by atoms with Crippen LogP contribution in [0.2, 0.25) is 0 Å². The summed E-state index contributed by atoms with van der Waals surface area (Å²) in [6.45, 7) is 10.5. The maximum absolute atomic E-state index is 10.6. The van der Waals surface area contributed by atoms with E-state index in [1.807, 2.05) is 70.2 Å². The fraction of sp³-hybridized carbons (Fsp3) is 0.417. The van der Waals surface area contributed by atoms with E-state index in [9.17, 15) is 5.11 Å². The lowest BCUT2D eigenvalue weighted by Crippen LogP contribution is -2.39. The van der Waals surface area contributed by atoms with Gasteiger partial charge in [0.1, 0.15) is 11.6 Å². The van der Waals surface area contributed by atoms with Gasteiger partial charge in [-0.3, -0.25) is 4.99 Å². The van der Waals surface area contributed by atoms with Crippen molar-refractivity contribution in [3.8, 4) is 5.75 Å². The molecule has 1 aromatic heterocycles. The highest BCUT2D eigenvalue weighted by Gasteiger charge is 2.10. The van der Waals surface area contributed by atoms with E-state index in [2.05, 4.69) is 31.2 Å². The minimum absolute atomic E-state index is 0. The number of rotatable bonds is 9. The zero-order valence-corrected chi connectivity index (χ0v) is 21.5. The van der Waals surface area contributed by atoms with Gasteiger partial charge in [0, 0.05) is 19.6 Å². The van der Waals surface area contributed by atoms with Crippen LogP contribution in [0.15, 0.2) is 53.5 Å². The van der Waals surface area contributed by atoms with Crippen LogP contribution in [0.3, 0.4) is 0 Å². The molecule has 0 saturated heterocycles. The van der Waals surface area contributed by atoms with Crippen molar-refractivity contribution in [2.45, 2.75) is 46.4 Å². The fourth-order valence-corrected chi connectivity index (χ4v) is 3.46. The molecule has 0 aliphatic rings. The van der Waals surface area contributed by atoms with Gasteiger partial charge >= 0.3 is 0 Å². The first kappa shape index (κ1) is 25.9. The van der Waals surface area contributed by atoms with Gasteiger partial charge in [-0.25, -0.2) is 4.98 Å². The number of ether oxygens (including phenoxy) is 1. The quantitative estimate of drug-likeness (QED) is 0.213. The van der Waals surface area contributed by atoms with E-state index < -0.39 is 6.10 Å².